The van der Waals surface area contributed by atoms with Gasteiger partial charge in [0.25, 0.3) is 0 Å². The average Bonchev–Trinajstić information content (AvgIpc) is 2.47. The smallest absolute Gasteiger partial charge is 0.319 e. The summed E-state index contributed by atoms with van der Waals surface area (Å²) in [5.41, 5.74) is -0.155. The van der Waals surface area contributed by atoms with Gasteiger partial charge in [-0.3, -0.25) is 0 Å². The number of carbonyl (C=O) groups excluding carboxylic acids is 1. The molecule has 0 heterocycles. The Bertz CT molecular complexity index is 453. The van der Waals surface area contributed by atoms with Gasteiger partial charge in [-0.2, -0.15) is 0 Å². The molecule has 3 N–H and O–H groups in total. The van der Waals surface area contributed by atoms with Gasteiger partial charge in [-0.1, -0.05) is 25.4 Å². The molecule has 0 aliphatic heterocycles. The lowest BCUT2D eigenvalue weighted by molar-refractivity contribution is 0.155. The van der Waals surface area contributed by atoms with E-state index in [4.69, 9.17) is 16.3 Å². The highest BCUT2D eigenvalue weighted by Crippen LogP contribution is 2.26. The number of carbonyl (C=O) groups is 1. The van der Waals surface area contributed by atoms with Gasteiger partial charge in [0.2, 0.25) is 0 Å². The lowest BCUT2D eigenvalue weighted by Crippen LogP contribution is -2.52. The quantitative estimate of drug-likeness (QED) is 0.756. The van der Waals surface area contributed by atoms with E-state index in [1.807, 2.05) is 13.8 Å². The lowest BCUT2D eigenvalue weighted by atomic mass is 9.94. The van der Waals surface area contributed by atoms with Gasteiger partial charge in [0, 0.05) is 6.07 Å². The van der Waals surface area contributed by atoms with E-state index >= 15 is 0 Å². The van der Waals surface area contributed by atoms with Crippen molar-refractivity contribution in [3.05, 3.63) is 23.2 Å². The molecule has 112 valence electrons. The summed E-state index contributed by atoms with van der Waals surface area (Å²) in [6.07, 6.45) is 1.28. The van der Waals surface area contributed by atoms with Crippen LogP contribution < -0.4 is 15.4 Å². The van der Waals surface area contributed by atoms with Gasteiger partial charge in [-0.05, 0) is 25.0 Å². The molecule has 0 spiro atoms. The summed E-state index contributed by atoms with van der Waals surface area (Å²) in [5.74, 6) is 0.601. The highest BCUT2D eigenvalue weighted by Gasteiger charge is 2.27. The monoisotopic (exact) mass is 300 g/mol. The minimum atomic E-state index is -0.616. The van der Waals surface area contributed by atoms with Gasteiger partial charge >= 0.3 is 6.03 Å². The Morgan fingerprint density at radius 3 is 2.55 bits per heavy atom. The molecule has 0 aliphatic carbocycles. The molecule has 0 aromatic heterocycles. The minimum Gasteiger partial charge on any atom is -0.497 e. The van der Waals surface area contributed by atoms with E-state index in [0.717, 1.165) is 0 Å². The number of aliphatic hydroxyl groups excluding tert-OH is 1. The highest BCUT2D eigenvalue weighted by molar-refractivity contribution is 6.33. The summed E-state index contributed by atoms with van der Waals surface area (Å²) >= 11 is 6.02. The molecule has 2 amide bonds. The summed E-state index contributed by atoms with van der Waals surface area (Å²) < 4.78 is 5.09. The first-order valence-corrected chi connectivity index (χ1v) is 6.91. The molecule has 1 rings (SSSR count). The fraction of sp³-hybridized carbons (Fsp3) is 0.500. The van der Waals surface area contributed by atoms with Gasteiger partial charge in [0.15, 0.2) is 0 Å². The fourth-order valence-corrected chi connectivity index (χ4v) is 1.98. The average molecular weight is 301 g/mol. The van der Waals surface area contributed by atoms with Crippen LogP contribution in [0.5, 0.6) is 5.75 Å². The van der Waals surface area contributed by atoms with Crippen LogP contribution in [0.1, 0.15) is 26.7 Å². The zero-order chi connectivity index (χ0) is 15.2. The summed E-state index contributed by atoms with van der Waals surface area (Å²) in [6, 6.07) is 4.59. The van der Waals surface area contributed by atoms with E-state index in [-0.39, 0.29) is 6.61 Å². The standard InChI is InChI=1S/C14H21ClN2O3/c1-4-14(5-2,9-18)17-13(19)16-12-8-10(20-3)6-7-11(12)15/h6-8,18H,4-5,9H2,1-3H3,(H2,16,17,19). The summed E-state index contributed by atoms with van der Waals surface area (Å²) in [6.45, 7) is 3.72. The molecule has 5 nitrogen and oxygen atoms in total. The van der Waals surface area contributed by atoms with Crippen molar-refractivity contribution in [2.24, 2.45) is 0 Å². The maximum atomic E-state index is 12.0. The molecular formula is C14H21ClN2O3. The number of ether oxygens (including phenoxy) is 1. The van der Waals surface area contributed by atoms with Crippen molar-refractivity contribution in [1.82, 2.24) is 5.32 Å². The Labute approximate surface area is 124 Å². The maximum absolute atomic E-state index is 12.0. The number of halogens is 1. The second kappa shape index (κ2) is 7.36. The number of nitrogens with one attached hydrogen (secondary N) is 2. The zero-order valence-corrected chi connectivity index (χ0v) is 12.8. The van der Waals surface area contributed by atoms with Crippen molar-refractivity contribution < 1.29 is 14.6 Å². The van der Waals surface area contributed by atoms with Crippen molar-refractivity contribution in [2.75, 3.05) is 19.0 Å². The predicted octanol–water partition coefficient (Wildman–Crippen LogP) is 3.02. The van der Waals surface area contributed by atoms with Crippen LogP contribution in [0.15, 0.2) is 18.2 Å². The van der Waals surface area contributed by atoms with Crippen molar-refractivity contribution in [3.63, 3.8) is 0 Å². The van der Waals surface area contributed by atoms with E-state index < -0.39 is 11.6 Å². The van der Waals surface area contributed by atoms with Gasteiger partial charge in [-0.15, -0.1) is 0 Å². The number of hydrogen-bond acceptors (Lipinski definition) is 3. The van der Waals surface area contributed by atoms with Gasteiger partial charge < -0.3 is 20.5 Å². The summed E-state index contributed by atoms with van der Waals surface area (Å²) in [4.78, 5) is 12.0. The predicted molar refractivity (Wildman–Crippen MR) is 80.6 cm³/mol. The first kappa shape index (κ1) is 16.6. The van der Waals surface area contributed by atoms with Crippen LogP contribution in [-0.4, -0.2) is 30.4 Å². The molecule has 0 fully saturated rings. The Morgan fingerprint density at radius 1 is 1.40 bits per heavy atom. The van der Waals surface area contributed by atoms with Gasteiger partial charge in [-0.25, -0.2) is 4.79 Å². The molecule has 0 bridgehead atoms. The van der Waals surface area contributed by atoms with Crippen LogP contribution in [0.4, 0.5) is 10.5 Å². The zero-order valence-electron chi connectivity index (χ0n) is 12.0. The van der Waals surface area contributed by atoms with Crippen molar-refractivity contribution in [1.29, 1.82) is 0 Å². The number of aliphatic hydroxyl groups is 1. The van der Waals surface area contributed by atoms with E-state index in [2.05, 4.69) is 10.6 Å². The fourth-order valence-electron chi connectivity index (χ4n) is 1.81. The SMILES string of the molecule is CCC(CC)(CO)NC(=O)Nc1cc(OC)ccc1Cl. The van der Waals surface area contributed by atoms with Crippen LogP contribution in [0.25, 0.3) is 0 Å². The molecule has 0 saturated heterocycles. The number of anilines is 1. The van der Waals surface area contributed by atoms with E-state index in [9.17, 15) is 9.90 Å². The Balaban J connectivity index is 2.80. The number of methoxy groups -OCH3 is 1. The van der Waals surface area contributed by atoms with Gasteiger partial charge in [0.05, 0.1) is 30.0 Å². The van der Waals surface area contributed by atoms with Crippen LogP contribution in [0.2, 0.25) is 5.02 Å². The van der Waals surface area contributed by atoms with E-state index in [1.165, 1.54) is 7.11 Å². The molecular weight excluding hydrogens is 280 g/mol. The molecule has 20 heavy (non-hydrogen) atoms. The van der Waals surface area contributed by atoms with Crippen LogP contribution in [0.3, 0.4) is 0 Å². The molecule has 1 aromatic carbocycles. The first-order chi connectivity index (χ1) is 9.50. The number of amides is 2. The second-order valence-corrected chi connectivity index (χ2v) is 4.98. The first-order valence-electron chi connectivity index (χ1n) is 6.53. The normalized spacial score (nSPS) is 11.1. The minimum absolute atomic E-state index is 0.112. The molecule has 0 atom stereocenters. The van der Waals surface area contributed by atoms with Crippen molar-refractivity contribution in [2.45, 2.75) is 32.2 Å². The number of rotatable bonds is 6. The highest BCUT2D eigenvalue weighted by atomic mass is 35.5. The van der Waals surface area contributed by atoms with Crippen LogP contribution >= 0.6 is 11.6 Å². The Kier molecular flexibility index (Phi) is 6.10. The molecule has 0 aliphatic rings. The summed E-state index contributed by atoms with van der Waals surface area (Å²) in [5, 5.41) is 15.3. The van der Waals surface area contributed by atoms with E-state index in [1.54, 1.807) is 18.2 Å². The van der Waals surface area contributed by atoms with Crippen molar-refractivity contribution >= 4 is 23.3 Å². The van der Waals surface area contributed by atoms with E-state index in [0.29, 0.717) is 29.3 Å². The third-order valence-corrected chi connectivity index (χ3v) is 3.79. The third kappa shape index (κ3) is 4.02. The second-order valence-electron chi connectivity index (χ2n) is 4.57. The Hall–Kier alpha value is -1.46. The number of hydrogen-bond donors (Lipinski definition) is 3. The molecule has 0 radical (unpaired) electrons. The summed E-state index contributed by atoms with van der Waals surface area (Å²) in [7, 11) is 1.54. The largest absolute Gasteiger partial charge is 0.497 e. The lowest BCUT2D eigenvalue weighted by Gasteiger charge is -2.30. The van der Waals surface area contributed by atoms with Crippen LogP contribution in [0, 0.1) is 0 Å². The number of urea groups is 1. The Morgan fingerprint density at radius 2 is 2.05 bits per heavy atom. The van der Waals surface area contributed by atoms with Crippen LogP contribution in [-0.2, 0) is 0 Å². The van der Waals surface area contributed by atoms with Crippen molar-refractivity contribution in [3.8, 4) is 5.75 Å². The topological polar surface area (TPSA) is 70.6 Å². The number of benzene rings is 1. The molecule has 1 aromatic rings. The van der Waals surface area contributed by atoms with Gasteiger partial charge in [0.1, 0.15) is 5.75 Å². The molecule has 6 heteroatoms. The molecule has 0 saturated carbocycles. The molecule has 0 unspecified atom stereocenters. The third-order valence-electron chi connectivity index (χ3n) is 3.46. The maximum Gasteiger partial charge on any atom is 0.319 e.